The van der Waals surface area contributed by atoms with Crippen molar-refractivity contribution in [3.05, 3.63) is 40.2 Å². The summed E-state index contributed by atoms with van der Waals surface area (Å²) >= 11 is 1.55. The molecule has 0 saturated carbocycles. The molecule has 0 aromatic carbocycles. The maximum atomic E-state index is 12.2. The highest BCUT2D eigenvalue weighted by molar-refractivity contribution is 7.16. The Bertz CT molecular complexity index is 781. The maximum Gasteiger partial charge on any atom is 0.291 e. The summed E-state index contributed by atoms with van der Waals surface area (Å²) in [5, 5.41) is 13.1. The van der Waals surface area contributed by atoms with Gasteiger partial charge in [-0.15, -0.1) is 11.3 Å². The first-order valence-corrected chi connectivity index (χ1v) is 9.17. The van der Waals surface area contributed by atoms with E-state index >= 15 is 0 Å². The van der Waals surface area contributed by atoms with Crippen LogP contribution in [0.3, 0.4) is 0 Å². The van der Waals surface area contributed by atoms with Crippen LogP contribution >= 0.6 is 11.3 Å². The number of nitrogens with zero attached hydrogens (tertiary/aromatic N) is 1. The summed E-state index contributed by atoms with van der Waals surface area (Å²) in [5.74, 6) is 0.574. The first-order chi connectivity index (χ1) is 11.5. The van der Waals surface area contributed by atoms with E-state index in [1.807, 2.05) is 0 Å². The second-order valence-corrected chi connectivity index (χ2v) is 8.14. The van der Waals surface area contributed by atoms with Gasteiger partial charge in [-0.25, -0.2) is 0 Å². The first kappa shape index (κ1) is 16.8. The van der Waals surface area contributed by atoms with Crippen LogP contribution in [0.15, 0.2) is 22.8 Å². The lowest BCUT2D eigenvalue weighted by atomic mass is 9.69. The third-order valence-electron chi connectivity index (χ3n) is 5.37. The van der Waals surface area contributed by atoms with Crippen LogP contribution in [-0.4, -0.2) is 5.91 Å². The number of carbonyl (C=O) groups excluding carboxylic acids is 1. The minimum absolute atomic E-state index is 0.259. The Morgan fingerprint density at radius 3 is 2.96 bits per heavy atom. The Morgan fingerprint density at radius 1 is 1.54 bits per heavy atom. The summed E-state index contributed by atoms with van der Waals surface area (Å²) in [4.78, 5) is 13.5. The lowest BCUT2D eigenvalue weighted by Crippen LogP contribution is -2.28. The Kier molecular flexibility index (Phi) is 4.51. The predicted molar refractivity (Wildman–Crippen MR) is 95.3 cm³/mol. The standard InChI is InChI=1S/C19H22N2O2S/c1-4-19(2,3)12-7-8-13-14(11-20)18(24-16(13)10-12)21-17(22)15-6-5-9-23-15/h5-6,9,12H,4,7-8,10H2,1-3H3,(H,21,22)/t12-/m0/s1. The number of fused-ring (bicyclic) bond motifs is 1. The molecule has 5 heteroatoms. The number of anilines is 1. The Hall–Kier alpha value is -2.06. The zero-order chi connectivity index (χ0) is 17.3. The fraction of sp³-hybridized carbons (Fsp3) is 0.474. The summed E-state index contributed by atoms with van der Waals surface area (Å²) in [6.45, 7) is 6.88. The molecule has 1 aliphatic carbocycles. The molecule has 1 atom stereocenters. The van der Waals surface area contributed by atoms with Crippen molar-refractivity contribution in [3.8, 4) is 6.07 Å². The van der Waals surface area contributed by atoms with Crippen LogP contribution in [0, 0.1) is 22.7 Å². The van der Waals surface area contributed by atoms with Crippen LogP contribution < -0.4 is 5.32 Å². The van der Waals surface area contributed by atoms with E-state index in [9.17, 15) is 10.1 Å². The van der Waals surface area contributed by atoms with E-state index in [-0.39, 0.29) is 11.7 Å². The van der Waals surface area contributed by atoms with Crippen LogP contribution in [0.2, 0.25) is 0 Å². The molecular weight excluding hydrogens is 320 g/mol. The molecule has 1 amide bonds. The van der Waals surface area contributed by atoms with Crippen LogP contribution in [0.1, 0.15) is 60.2 Å². The molecule has 1 aliphatic rings. The first-order valence-electron chi connectivity index (χ1n) is 8.35. The van der Waals surface area contributed by atoms with Gasteiger partial charge in [0.2, 0.25) is 0 Å². The molecule has 2 aromatic heterocycles. The number of carbonyl (C=O) groups is 1. The van der Waals surface area contributed by atoms with E-state index in [1.54, 1.807) is 23.5 Å². The van der Waals surface area contributed by atoms with Crippen molar-refractivity contribution in [1.82, 2.24) is 0 Å². The van der Waals surface area contributed by atoms with E-state index < -0.39 is 0 Å². The molecule has 4 nitrogen and oxygen atoms in total. The lowest BCUT2D eigenvalue weighted by molar-refractivity contribution is 0.0997. The van der Waals surface area contributed by atoms with Crippen molar-refractivity contribution in [2.24, 2.45) is 11.3 Å². The van der Waals surface area contributed by atoms with Gasteiger partial charge in [0.25, 0.3) is 5.91 Å². The van der Waals surface area contributed by atoms with Crippen LogP contribution in [0.4, 0.5) is 5.00 Å². The van der Waals surface area contributed by atoms with E-state index in [0.717, 1.165) is 31.2 Å². The fourth-order valence-corrected chi connectivity index (χ4v) is 4.59. The minimum Gasteiger partial charge on any atom is -0.459 e. The van der Waals surface area contributed by atoms with Gasteiger partial charge in [0.15, 0.2) is 5.76 Å². The number of rotatable bonds is 4. The molecular formula is C19H22N2O2S. The highest BCUT2D eigenvalue weighted by atomic mass is 32.1. The Balaban J connectivity index is 1.86. The molecule has 0 bridgehead atoms. The molecule has 3 rings (SSSR count). The van der Waals surface area contributed by atoms with Crippen LogP contribution in [-0.2, 0) is 12.8 Å². The largest absolute Gasteiger partial charge is 0.459 e. The van der Waals surface area contributed by atoms with E-state index in [0.29, 0.717) is 21.9 Å². The number of hydrogen-bond donors (Lipinski definition) is 1. The molecule has 1 N–H and O–H groups in total. The fourth-order valence-electron chi connectivity index (χ4n) is 3.32. The van der Waals surface area contributed by atoms with Crippen molar-refractivity contribution < 1.29 is 9.21 Å². The number of furan rings is 1. The molecule has 0 saturated heterocycles. The second kappa shape index (κ2) is 6.45. The van der Waals surface area contributed by atoms with Crippen molar-refractivity contribution in [1.29, 1.82) is 5.26 Å². The molecule has 126 valence electrons. The molecule has 0 radical (unpaired) electrons. The average molecular weight is 342 g/mol. The van der Waals surface area contributed by atoms with Crippen LogP contribution in [0.5, 0.6) is 0 Å². The molecule has 2 heterocycles. The number of hydrogen-bond acceptors (Lipinski definition) is 4. The monoisotopic (exact) mass is 342 g/mol. The van der Waals surface area contributed by atoms with Gasteiger partial charge in [0.05, 0.1) is 11.8 Å². The lowest BCUT2D eigenvalue weighted by Gasteiger charge is -2.36. The predicted octanol–water partition coefficient (Wildman–Crippen LogP) is 5.01. The van der Waals surface area contributed by atoms with E-state index in [4.69, 9.17) is 4.42 Å². The summed E-state index contributed by atoms with van der Waals surface area (Å²) in [6.07, 6.45) is 5.62. The highest BCUT2D eigenvalue weighted by Gasteiger charge is 2.34. The van der Waals surface area contributed by atoms with Crippen molar-refractivity contribution >= 4 is 22.2 Å². The van der Waals surface area contributed by atoms with Gasteiger partial charge in [0.1, 0.15) is 11.1 Å². The van der Waals surface area contributed by atoms with Crippen LogP contribution in [0.25, 0.3) is 0 Å². The third kappa shape index (κ3) is 2.99. The number of amides is 1. The molecule has 0 aliphatic heterocycles. The van der Waals surface area contributed by atoms with Gasteiger partial charge >= 0.3 is 0 Å². The Morgan fingerprint density at radius 2 is 2.33 bits per heavy atom. The summed E-state index contributed by atoms with van der Waals surface area (Å²) in [6, 6.07) is 5.58. The normalized spacial score (nSPS) is 17.2. The SMILES string of the molecule is CCC(C)(C)[C@H]1CCc2c(sc(NC(=O)c3ccco3)c2C#N)C1. The van der Waals surface area contributed by atoms with Gasteiger partial charge in [-0.3, -0.25) is 4.79 Å². The molecule has 0 fully saturated rings. The molecule has 2 aromatic rings. The number of nitrogens with one attached hydrogen (secondary N) is 1. The summed E-state index contributed by atoms with van der Waals surface area (Å²) < 4.78 is 5.13. The maximum absolute atomic E-state index is 12.2. The molecule has 24 heavy (non-hydrogen) atoms. The van der Waals surface area contributed by atoms with E-state index in [2.05, 4.69) is 32.2 Å². The zero-order valence-electron chi connectivity index (χ0n) is 14.3. The number of nitriles is 1. The zero-order valence-corrected chi connectivity index (χ0v) is 15.1. The average Bonchev–Trinajstić information content (AvgIpc) is 3.21. The Labute approximate surface area is 146 Å². The number of thiophene rings is 1. The van der Waals surface area contributed by atoms with Crippen molar-refractivity contribution in [2.45, 2.75) is 46.5 Å². The third-order valence-corrected chi connectivity index (χ3v) is 6.54. The second-order valence-electron chi connectivity index (χ2n) is 7.03. The van der Waals surface area contributed by atoms with Crippen molar-refractivity contribution in [3.63, 3.8) is 0 Å². The van der Waals surface area contributed by atoms with Gasteiger partial charge < -0.3 is 9.73 Å². The smallest absolute Gasteiger partial charge is 0.291 e. The minimum atomic E-state index is -0.305. The van der Waals surface area contributed by atoms with Gasteiger partial charge in [-0.2, -0.15) is 5.26 Å². The van der Waals surface area contributed by atoms with E-state index in [1.165, 1.54) is 11.1 Å². The quantitative estimate of drug-likeness (QED) is 0.849. The highest BCUT2D eigenvalue weighted by Crippen LogP contribution is 2.45. The molecule has 0 spiro atoms. The van der Waals surface area contributed by atoms with Gasteiger partial charge in [-0.1, -0.05) is 27.2 Å². The summed E-state index contributed by atoms with van der Waals surface area (Å²) in [5.41, 5.74) is 2.05. The van der Waals surface area contributed by atoms with Crippen molar-refractivity contribution in [2.75, 3.05) is 5.32 Å². The van der Waals surface area contributed by atoms with Gasteiger partial charge in [-0.05, 0) is 48.3 Å². The summed E-state index contributed by atoms with van der Waals surface area (Å²) in [7, 11) is 0. The van der Waals surface area contributed by atoms with Gasteiger partial charge in [0, 0.05) is 4.88 Å². The molecule has 0 unspecified atom stereocenters. The topological polar surface area (TPSA) is 66.0 Å².